The molecule has 2 N–H and O–H groups in total. The predicted octanol–water partition coefficient (Wildman–Crippen LogP) is 3.66. The Morgan fingerprint density at radius 3 is 2.75 bits per heavy atom. The molecule has 0 unspecified atom stereocenters. The molecular weight excluding hydrogens is 367 g/mol. The van der Waals surface area contributed by atoms with Crippen LogP contribution >= 0.6 is 22.6 Å². The van der Waals surface area contributed by atoms with Crippen LogP contribution in [-0.2, 0) is 0 Å². The molecule has 0 saturated carbocycles. The second kappa shape index (κ2) is 7.28. The molecule has 6 heteroatoms. The number of methoxy groups -OCH3 is 1. The molecule has 0 spiro atoms. The van der Waals surface area contributed by atoms with Crippen molar-refractivity contribution in [2.24, 2.45) is 0 Å². The summed E-state index contributed by atoms with van der Waals surface area (Å²) in [6, 6.07) is 8.06. The zero-order valence-electron chi connectivity index (χ0n) is 11.5. The van der Waals surface area contributed by atoms with Crippen LogP contribution in [0.5, 0.6) is 5.75 Å². The van der Waals surface area contributed by atoms with E-state index in [1.54, 1.807) is 7.11 Å². The molecular formula is C14H17IN4O. The van der Waals surface area contributed by atoms with E-state index in [1.165, 1.54) is 6.33 Å². The fourth-order valence-electron chi connectivity index (χ4n) is 1.73. The first kappa shape index (κ1) is 14.8. The van der Waals surface area contributed by atoms with Crippen molar-refractivity contribution in [3.8, 4) is 5.75 Å². The van der Waals surface area contributed by atoms with Crippen LogP contribution in [0.3, 0.4) is 0 Å². The van der Waals surface area contributed by atoms with Crippen molar-refractivity contribution in [1.29, 1.82) is 0 Å². The van der Waals surface area contributed by atoms with Gasteiger partial charge in [0.25, 0.3) is 0 Å². The molecule has 1 aromatic heterocycles. The summed E-state index contributed by atoms with van der Waals surface area (Å²) in [5, 5.41) is 6.49. The number of hydrogen-bond donors (Lipinski definition) is 2. The normalized spacial score (nSPS) is 10.2. The number of ether oxygens (including phenoxy) is 1. The van der Waals surface area contributed by atoms with Crippen molar-refractivity contribution < 1.29 is 4.74 Å². The molecule has 106 valence electrons. The fourth-order valence-corrected chi connectivity index (χ4v) is 2.27. The number of aromatic nitrogens is 2. The Labute approximate surface area is 132 Å². The van der Waals surface area contributed by atoms with Crippen LogP contribution in [0.2, 0.25) is 0 Å². The SMILES string of the molecule is CCCNc1ncnc(Nc2cccc(I)c2)c1OC. The molecule has 2 rings (SSSR count). The number of anilines is 3. The van der Waals surface area contributed by atoms with Gasteiger partial charge in [-0.05, 0) is 47.2 Å². The number of nitrogens with zero attached hydrogens (tertiary/aromatic N) is 2. The van der Waals surface area contributed by atoms with Gasteiger partial charge in [0.1, 0.15) is 6.33 Å². The van der Waals surface area contributed by atoms with Crippen LogP contribution in [0.4, 0.5) is 17.3 Å². The molecule has 0 atom stereocenters. The van der Waals surface area contributed by atoms with Crippen molar-refractivity contribution in [2.45, 2.75) is 13.3 Å². The topological polar surface area (TPSA) is 59.1 Å². The average molecular weight is 384 g/mol. The summed E-state index contributed by atoms with van der Waals surface area (Å²) in [4.78, 5) is 8.47. The Hall–Kier alpha value is -1.57. The van der Waals surface area contributed by atoms with Gasteiger partial charge in [-0.3, -0.25) is 0 Å². The average Bonchev–Trinajstić information content (AvgIpc) is 2.45. The van der Waals surface area contributed by atoms with Gasteiger partial charge in [0.15, 0.2) is 11.6 Å². The van der Waals surface area contributed by atoms with Gasteiger partial charge in [-0.25, -0.2) is 9.97 Å². The molecule has 1 heterocycles. The highest BCUT2D eigenvalue weighted by molar-refractivity contribution is 14.1. The molecule has 20 heavy (non-hydrogen) atoms. The Bertz CT molecular complexity index is 577. The van der Waals surface area contributed by atoms with Gasteiger partial charge in [-0.2, -0.15) is 0 Å². The van der Waals surface area contributed by atoms with Crippen LogP contribution in [0.25, 0.3) is 0 Å². The van der Waals surface area contributed by atoms with E-state index < -0.39 is 0 Å². The minimum Gasteiger partial charge on any atom is -0.490 e. The lowest BCUT2D eigenvalue weighted by Crippen LogP contribution is -2.07. The molecule has 0 aliphatic rings. The van der Waals surface area contributed by atoms with Gasteiger partial charge in [-0.15, -0.1) is 0 Å². The van der Waals surface area contributed by atoms with Gasteiger partial charge in [0, 0.05) is 15.8 Å². The van der Waals surface area contributed by atoms with Crippen molar-refractivity contribution >= 4 is 39.9 Å². The summed E-state index contributed by atoms with van der Waals surface area (Å²) in [5.41, 5.74) is 0.968. The predicted molar refractivity (Wildman–Crippen MR) is 89.8 cm³/mol. The van der Waals surface area contributed by atoms with Crippen LogP contribution < -0.4 is 15.4 Å². The number of benzene rings is 1. The number of hydrogen-bond acceptors (Lipinski definition) is 5. The van der Waals surface area contributed by atoms with E-state index in [1.807, 2.05) is 24.3 Å². The lowest BCUT2D eigenvalue weighted by atomic mass is 10.3. The maximum atomic E-state index is 5.42. The van der Waals surface area contributed by atoms with Crippen molar-refractivity contribution in [2.75, 3.05) is 24.3 Å². The van der Waals surface area contributed by atoms with Crippen molar-refractivity contribution in [3.05, 3.63) is 34.2 Å². The maximum absolute atomic E-state index is 5.42. The summed E-state index contributed by atoms with van der Waals surface area (Å²) in [5.74, 6) is 1.99. The third kappa shape index (κ3) is 3.72. The molecule has 0 amide bonds. The summed E-state index contributed by atoms with van der Waals surface area (Å²) in [7, 11) is 1.62. The van der Waals surface area contributed by atoms with Crippen LogP contribution in [0.15, 0.2) is 30.6 Å². The first-order chi connectivity index (χ1) is 9.74. The largest absolute Gasteiger partial charge is 0.490 e. The summed E-state index contributed by atoms with van der Waals surface area (Å²) in [6.45, 7) is 2.95. The Balaban J connectivity index is 2.26. The minimum absolute atomic E-state index is 0.625. The van der Waals surface area contributed by atoms with Gasteiger partial charge in [0.05, 0.1) is 7.11 Å². The molecule has 0 radical (unpaired) electrons. The third-order valence-electron chi connectivity index (χ3n) is 2.64. The lowest BCUT2D eigenvalue weighted by Gasteiger charge is -2.14. The van der Waals surface area contributed by atoms with Crippen LogP contribution in [0.1, 0.15) is 13.3 Å². The second-order valence-corrected chi connectivity index (χ2v) is 5.41. The Morgan fingerprint density at radius 2 is 2.05 bits per heavy atom. The quantitative estimate of drug-likeness (QED) is 0.745. The lowest BCUT2D eigenvalue weighted by molar-refractivity contribution is 0.415. The molecule has 0 aliphatic carbocycles. The van der Waals surface area contributed by atoms with E-state index in [9.17, 15) is 0 Å². The summed E-state index contributed by atoms with van der Waals surface area (Å²) in [6.07, 6.45) is 2.55. The number of halogens is 1. The smallest absolute Gasteiger partial charge is 0.204 e. The van der Waals surface area contributed by atoms with Crippen LogP contribution in [-0.4, -0.2) is 23.6 Å². The monoisotopic (exact) mass is 384 g/mol. The molecule has 0 fully saturated rings. The van der Waals surface area contributed by atoms with E-state index >= 15 is 0 Å². The Kier molecular flexibility index (Phi) is 5.40. The first-order valence-electron chi connectivity index (χ1n) is 6.40. The van der Waals surface area contributed by atoms with Gasteiger partial charge >= 0.3 is 0 Å². The highest BCUT2D eigenvalue weighted by Gasteiger charge is 2.11. The summed E-state index contributed by atoms with van der Waals surface area (Å²) >= 11 is 2.27. The van der Waals surface area contributed by atoms with Gasteiger partial charge in [0.2, 0.25) is 5.75 Å². The molecule has 2 aromatic rings. The summed E-state index contributed by atoms with van der Waals surface area (Å²) < 4.78 is 6.58. The van der Waals surface area contributed by atoms with Crippen molar-refractivity contribution in [1.82, 2.24) is 9.97 Å². The van der Waals surface area contributed by atoms with Gasteiger partial charge < -0.3 is 15.4 Å². The van der Waals surface area contributed by atoms with E-state index in [4.69, 9.17) is 4.74 Å². The zero-order chi connectivity index (χ0) is 14.4. The van der Waals surface area contributed by atoms with Crippen molar-refractivity contribution in [3.63, 3.8) is 0 Å². The molecule has 0 saturated heterocycles. The highest BCUT2D eigenvalue weighted by atomic mass is 127. The van der Waals surface area contributed by atoms with Crippen LogP contribution in [0, 0.1) is 3.57 Å². The standard InChI is InChI=1S/C14H17IN4O/c1-3-7-16-13-12(20-2)14(18-9-17-13)19-11-6-4-5-10(15)8-11/h4-6,8-9H,3,7H2,1-2H3,(H2,16,17,18,19). The minimum atomic E-state index is 0.625. The number of nitrogens with one attached hydrogen (secondary N) is 2. The van der Waals surface area contributed by atoms with Gasteiger partial charge in [-0.1, -0.05) is 13.0 Å². The molecule has 5 nitrogen and oxygen atoms in total. The zero-order valence-corrected chi connectivity index (χ0v) is 13.6. The van der Waals surface area contributed by atoms with E-state index in [-0.39, 0.29) is 0 Å². The maximum Gasteiger partial charge on any atom is 0.204 e. The fraction of sp³-hybridized carbons (Fsp3) is 0.286. The Morgan fingerprint density at radius 1 is 1.25 bits per heavy atom. The molecule has 0 bridgehead atoms. The van der Waals surface area contributed by atoms with E-state index in [0.29, 0.717) is 17.4 Å². The van der Waals surface area contributed by atoms with E-state index in [2.05, 4.69) is 50.1 Å². The second-order valence-electron chi connectivity index (χ2n) is 4.17. The first-order valence-corrected chi connectivity index (χ1v) is 7.48. The molecule has 0 aliphatic heterocycles. The molecule has 1 aromatic carbocycles. The highest BCUT2D eigenvalue weighted by Crippen LogP contribution is 2.31. The third-order valence-corrected chi connectivity index (χ3v) is 3.31. The number of rotatable bonds is 6. The van der Waals surface area contributed by atoms with E-state index in [0.717, 1.165) is 22.2 Å².